The molecule has 0 N–H and O–H groups in total. The van der Waals surface area contributed by atoms with E-state index in [0.717, 1.165) is 24.6 Å². The number of benzene rings is 2. The Kier molecular flexibility index (Phi) is 5.57. The van der Waals surface area contributed by atoms with Crippen molar-refractivity contribution in [2.24, 2.45) is 0 Å². The predicted molar refractivity (Wildman–Crippen MR) is 107 cm³/mol. The molecule has 3 aromatic rings. The van der Waals surface area contributed by atoms with E-state index >= 15 is 0 Å². The van der Waals surface area contributed by atoms with E-state index in [2.05, 4.69) is 20.4 Å². The fraction of sp³-hybridized carbons (Fsp3) is 0.263. The largest absolute Gasteiger partial charge is 0.336 e. The number of nitrogens with zero attached hydrogens (tertiary/aromatic N) is 6. The van der Waals surface area contributed by atoms with Gasteiger partial charge in [-0.1, -0.05) is 29.3 Å². The standard InChI is InChI=1S/C19H18Cl2N6O/c20-15-4-6-17(7-5-15)27-18(22-23-24-27)13-25-8-10-26(11-9-25)19(28)14-2-1-3-16(21)12-14/h1-7,12H,8-11,13H2. The van der Waals surface area contributed by atoms with Crippen molar-refractivity contribution in [1.82, 2.24) is 30.0 Å². The predicted octanol–water partition coefficient (Wildman–Crippen LogP) is 2.93. The summed E-state index contributed by atoms with van der Waals surface area (Å²) in [4.78, 5) is 16.7. The van der Waals surface area contributed by atoms with Crippen molar-refractivity contribution in [3.8, 4) is 5.69 Å². The molecule has 2 aromatic carbocycles. The van der Waals surface area contributed by atoms with Crippen LogP contribution in [0.2, 0.25) is 10.0 Å². The lowest BCUT2D eigenvalue weighted by atomic mass is 10.2. The molecule has 1 aromatic heterocycles. The van der Waals surface area contributed by atoms with Gasteiger partial charge in [-0.05, 0) is 52.9 Å². The minimum absolute atomic E-state index is 0.00754. The third-order valence-corrected chi connectivity index (χ3v) is 5.19. The molecule has 1 amide bonds. The minimum Gasteiger partial charge on any atom is -0.336 e. The first-order valence-corrected chi connectivity index (χ1v) is 9.66. The van der Waals surface area contributed by atoms with E-state index in [0.29, 0.717) is 35.2 Å². The van der Waals surface area contributed by atoms with Gasteiger partial charge in [0.2, 0.25) is 0 Å². The second kappa shape index (κ2) is 8.26. The summed E-state index contributed by atoms with van der Waals surface area (Å²) in [6.45, 7) is 3.40. The Hall–Kier alpha value is -2.48. The van der Waals surface area contributed by atoms with Crippen LogP contribution in [0.15, 0.2) is 48.5 Å². The smallest absolute Gasteiger partial charge is 0.253 e. The Morgan fingerprint density at radius 1 is 0.964 bits per heavy atom. The number of amides is 1. The van der Waals surface area contributed by atoms with E-state index in [1.807, 2.05) is 29.2 Å². The number of hydrogen-bond donors (Lipinski definition) is 0. The SMILES string of the molecule is O=C(c1cccc(Cl)c1)N1CCN(Cc2nnnn2-c2ccc(Cl)cc2)CC1. The van der Waals surface area contributed by atoms with E-state index in [1.165, 1.54) is 0 Å². The summed E-state index contributed by atoms with van der Waals surface area (Å²) in [6, 6.07) is 14.4. The fourth-order valence-electron chi connectivity index (χ4n) is 3.20. The second-order valence-corrected chi connectivity index (χ2v) is 7.43. The lowest BCUT2D eigenvalue weighted by Crippen LogP contribution is -2.48. The highest BCUT2D eigenvalue weighted by Gasteiger charge is 2.23. The summed E-state index contributed by atoms with van der Waals surface area (Å²) >= 11 is 11.9. The van der Waals surface area contributed by atoms with Crippen LogP contribution in [0.3, 0.4) is 0 Å². The molecule has 144 valence electrons. The van der Waals surface area contributed by atoms with Crippen LogP contribution in [0.5, 0.6) is 0 Å². The maximum Gasteiger partial charge on any atom is 0.253 e. The Balaban J connectivity index is 1.38. The summed E-state index contributed by atoms with van der Waals surface area (Å²) in [5.74, 6) is 0.755. The molecule has 7 nitrogen and oxygen atoms in total. The van der Waals surface area contributed by atoms with Crippen molar-refractivity contribution in [2.75, 3.05) is 26.2 Å². The fourth-order valence-corrected chi connectivity index (χ4v) is 3.52. The van der Waals surface area contributed by atoms with Crippen LogP contribution >= 0.6 is 23.2 Å². The molecule has 1 aliphatic heterocycles. The van der Waals surface area contributed by atoms with E-state index in [-0.39, 0.29) is 5.91 Å². The van der Waals surface area contributed by atoms with Crippen molar-refractivity contribution in [1.29, 1.82) is 0 Å². The first-order chi connectivity index (χ1) is 13.6. The molecule has 2 heterocycles. The highest BCUT2D eigenvalue weighted by atomic mass is 35.5. The van der Waals surface area contributed by atoms with Crippen molar-refractivity contribution in [2.45, 2.75) is 6.54 Å². The van der Waals surface area contributed by atoms with Crippen LogP contribution in [-0.4, -0.2) is 62.1 Å². The summed E-state index contributed by atoms with van der Waals surface area (Å²) in [5, 5.41) is 13.3. The summed E-state index contributed by atoms with van der Waals surface area (Å²) < 4.78 is 1.71. The van der Waals surface area contributed by atoms with Gasteiger partial charge in [0.1, 0.15) is 0 Å². The molecule has 28 heavy (non-hydrogen) atoms. The topological polar surface area (TPSA) is 67.2 Å². The zero-order valence-corrected chi connectivity index (χ0v) is 16.5. The first kappa shape index (κ1) is 18.9. The number of aromatic nitrogens is 4. The van der Waals surface area contributed by atoms with Gasteiger partial charge < -0.3 is 4.90 Å². The first-order valence-electron chi connectivity index (χ1n) is 8.90. The molecule has 4 rings (SSSR count). The van der Waals surface area contributed by atoms with Crippen LogP contribution in [-0.2, 0) is 6.54 Å². The number of piperazine rings is 1. The highest BCUT2D eigenvalue weighted by molar-refractivity contribution is 6.31. The van der Waals surface area contributed by atoms with Gasteiger partial charge >= 0.3 is 0 Å². The molecule has 0 bridgehead atoms. The zero-order chi connectivity index (χ0) is 19.5. The van der Waals surface area contributed by atoms with Crippen LogP contribution in [0.1, 0.15) is 16.2 Å². The van der Waals surface area contributed by atoms with Crippen LogP contribution in [0.4, 0.5) is 0 Å². The lowest BCUT2D eigenvalue weighted by Gasteiger charge is -2.34. The molecule has 1 saturated heterocycles. The Morgan fingerprint density at radius 3 is 2.43 bits per heavy atom. The molecular formula is C19H18Cl2N6O. The minimum atomic E-state index is 0.00754. The van der Waals surface area contributed by atoms with Crippen LogP contribution in [0, 0.1) is 0 Å². The molecule has 0 radical (unpaired) electrons. The number of hydrogen-bond acceptors (Lipinski definition) is 5. The van der Waals surface area contributed by atoms with E-state index in [4.69, 9.17) is 23.2 Å². The van der Waals surface area contributed by atoms with Crippen molar-refractivity contribution < 1.29 is 4.79 Å². The molecule has 0 atom stereocenters. The Labute approximate surface area is 172 Å². The summed E-state index contributed by atoms with van der Waals surface area (Å²) in [7, 11) is 0. The summed E-state index contributed by atoms with van der Waals surface area (Å²) in [5.41, 5.74) is 1.48. The average Bonchev–Trinajstić information content (AvgIpc) is 3.17. The number of carbonyl (C=O) groups excluding carboxylic acids is 1. The Bertz CT molecular complexity index is 967. The van der Waals surface area contributed by atoms with Crippen molar-refractivity contribution in [3.05, 3.63) is 70.0 Å². The third-order valence-electron chi connectivity index (χ3n) is 4.70. The van der Waals surface area contributed by atoms with Gasteiger partial charge in [0.05, 0.1) is 12.2 Å². The normalized spacial score (nSPS) is 15.0. The van der Waals surface area contributed by atoms with E-state index in [9.17, 15) is 4.79 Å². The number of tetrazole rings is 1. The van der Waals surface area contributed by atoms with Crippen LogP contribution < -0.4 is 0 Å². The van der Waals surface area contributed by atoms with Gasteiger partial charge in [-0.2, -0.15) is 4.68 Å². The van der Waals surface area contributed by atoms with Crippen molar-refractivity contribution in [3.63, 3.8) is 0 Å². The number of rotatable bonds is 4. The maximum atomic E-state index is 12.6. The van der Waals surface area contributed by atoms with Gasteiger partial charge in [0.15, 0.2) is 5.82 Å². The van der Waals surface area contributed by atoms with Gasteiger partial charge in [0.25, 0.3) is 5.91 Å². The van der Waals surface area contributed by atoms with Crippen molar-refractivity contribution >= 4 is 29.1 Å². The number of halogens is 2. The van der Waals surface area contributed by atoms with Gasteiger partial charge in [-0.15, -0.1) is 5.10 Å². The highest BCUT2D eigenvalue weighted by Crippen LogP contribution is 2.16. The Morgan fingerprint density at radius 2 is 1.71 bits per heavy atom. The molecule has 9 heteroatoms. The van der Waals surface area contributed by atoms with Gasteiger partial charge in [-0.25, -0.2) is 0 Å². The molecule has 1 aliphatic rings. The molecule has 0 saturated carbocycles. The van der Waals surface area contributed by atoms with E-state index in [1.54, 1.807) is 28.9 Å². The molecule has 0 spiro atoms. The summed E-state index contributed by atoms with van der Waals surface area (Å²) in [6.07, 6.45) is 0. The van der Waals surface area contributed by atoms with Gasteiger partial charge in [0, 0.05) is 41.8 Å². The lowest BCUT2D eigenvalue weighted by molar-refractivity contribution is 0.0624. The van der Waals surface area contributed by atoms with Gasteiger partial charge in [-0.3, -0.25) is 9.69 Å². The second-order valence-electron chi connectivity index (χ2n) is 6.56. The quantitative estimate of drug-likeness (QED) is 0.653. The molecular weight excluding hydrogens is 399 g/mol. The maximum absolute atomic E-state index is 12.6. The zero-order valence-electron chi connectivity index (χ0n) is 15.0. The third kappa shape index (κ3) is 4.16. The molecule has 0 aliphatic carbocycles. The van der Waals surface area contributed by atoms with E-state index < -0.39 is 0 Å². The molecule has 1 fully saturated rings. The monoisotopic (exact) mass is 416 g/mol. The molecule has 0 unspecified atom stereocenters. The average molecular weight is 417 g/mol. The number of carbonyl (C=O) groups is 1. The van der Waals surface area contributed by atoms with Crippen LogP contribution in [0.25, 0.3) is 5.69 Å².